The van der Waals surface area contributed by atoms with Crippen molar-refractivity contribution in [2.24, 2.45) is 11.7 Å². The van der Waals surface area contributed by atoms with E-state index in [1.54, 1.807) is 6.07 Å². The molecule has 2 saturated heterocycles. The molecule has 4 fully saturated rings. The number of carbonyl (C=O) groups excluding carboxylic acids is 1. The molecular formula is C27H35N7O3. The first-order valence-electron chi connectivity index (χ1n) is 13.5. The summed E-state index contributed by atoms with van der Waals surface area (Å²) >= 11 is 0. The molecule has 4 aliphatic heterocycles. The molecule has 5 N–H and O–H groups in total. The summed E-state index contributed by atoms with van der Waals surface area (Å²) in [5, 5.41) is 15.5. The summed E-state index contributed by atoms with van der Waals surface area (Å²) in [6.45, 7) is 4.20. The van der Waals surface area contributed by atoms with Crippen molar-refractivity contribution in [3.63, 3.8) is 0 Å². The predicted molar refractivity (Wildman–Crippen MR) is 143 cm³/mol. The third-order valence-corrected chi connectivity index (χ3v) is 7.79. The first kappa shape index (κ1) is 24.0. The molecule has 2 atom stereocenters. The Morgan fingerprint density at radius 3 is 1.84 bits per heavy atom. The van der Waals surface area contributed by atoms with E-state index in [1.807, 2.05) is 12.1 Å². The number of carboxylic acid groups (broad SMARTS) is 1. The van der Waals surface area contributed by atoms with Crippen LogP contribution in [0.25, 0.3) is 0 Å². The van der Waals surface area contributed by atoms with Gasteiger partial charge < -0.3 is 31.3 Å². The fraction of sp³-hybridized carbons (Fsp3) is 0.556. The van der Waals surface area contributed by atoms with Gasteiger partial charge in [-0.15, -0.1) is 0 Å². The molecule has 37 heavy (non-hydrogen) atoms. The van der Waals surface area contributed by atoms with Gasteiger partial charge in [-0.3, -0.25) is 4.79 Å². The van der Waals surface area contributed by atoms with Crippen LogP contribution in [0.15, 0.2) is 24.3 Å². The summed E-state index contributed by atoms with van der Waals surface area (Å²) in [4.78, 5) is 36.1. The van der Waals surface area contributed by atoms with Crippen LogP contribution in [0.1, 0.15) is 65.9 Å². The van der Waals surface area contributed by atoms with E-state index in [2.05, 4.69) is 36.5 Å². The summed E-state index contributed by atoms with van der Waals surface area (Å²) in [5.41, 5.74) is 8.14. The van der Waals surface area contributed by atoms with E-state index < -0.39 is 5.97 Å². The minimum atomic E-state index is -0.979. The molecule has 6 heterocycles. The van der Waals surface area contributed by atoms with Crippen molar-refractivity contribution < 1.29 is 14.7 Å². The molecule has 0 spiro atoms. The summed E-state index contributed by atoms with van der Waals surface area (Å²) in [6, 6.07) is 8.86. The highest BCUT2D eigenvalue weighted by molar-refractivity contribution is 5.95. The van der Waals surface area contributed by atoms with E-state index in [-0.39, 0.29) is 11.5 Å². The average Bonchev–Trinajstić information content (AvgIpc) is 3.81. The number of carbonyl (C=O) groups is 2. The molecule has 4 bridgehead atoms. The van der Waals surface area contributed by atoms with Crippen LogP contribution in [-0.2, 0) is 0 Å². The second-order valence-electron chi connectivity index (χ2n) is 11.0. The highest BCUT2D eigenvalue weighted by Gasteiger charge is 2.32. The largest absolute Gasteiger partial charge is 0.477 e. The number of ketones is 1. The molecule has 10 heteroatoms. The van der Waals surface area contributed by atoms with Crippen molar-refractivity contribution in [3.05, 3.63) is 35.7 Å². The fourth-order valence-electron chi connectivity index (χ4n) is 5.27. The van der Waals surface area contributed by atoms with Crippen LogP contribution in [0, 0.1) is 5.92 Å². The number of anilines is 4. The lowest BCUT2D eigenvalue weighted by Crippen LogP contribution is -2.32. The van der Waals surface area contributed by atoms with E-state index in [9.17, 15) is 9.59 Å². The smallest absolute Gasteiger partial charge is 0.354 e. The lowest BCUT2D eigenvalue weighted by Gasteiger charge is -2.27. The third kappa shape index (κ3) is 5.49. The monoisotopic (exact) mass is 505 g/mol. The minimum Gasteiger partial charge on any atom is -0.477 e. The van der Waals surface area contributed by atoms with Crippen molar-refractivity contribution in [3.8, 4) is 0 Å². The van der Waals surface area contributed by atoms with Crippen LogP contribution in [0.4, 0.5) is 23.0 Å². The van der Waals surface area contributed by atoms with Crippen molar-refractivity contribution in [2.75, 3.05) is 46.6 Å². The number of carboxylic acids is 1. The number of rotatable bonds is 4. The number of nitrogens with zero attached hydrogens (tertiary/aromatic N) is 4. The van der Waals surface area contributed by atoms with Crippen molar-refractivity contribution in [1.29, 1.82) is 0 Å². The van der Waals surface area contributed by atoms with E-state index >= 15 is 0 Å². The van der Waals surface area contributed by atoms with Crippen LogP contribution < -0.4 is 26.2 Å². The minimum absolute atomic E-state index is 0.101. The predicted octanol–water partition coefficient (Wildman–Crippen LogP) is 2.96. The number of Topliss-reactive ketones (excluding diaryl/α,β-unsaturated/α-hetero) is 1. The van der Waals surface area contributed by atoms with Gasteiger partial charge in [0.15, 0.2) is 23.1 Å². The third-order valence-electron chi connectivity index (χ3n) is 7.79. The molecule has 196 valence electrons. The molecule has 2 aliphatic carbocycles. The number of fused-ring (bicyclic) bond motifs is 8. The standard InChI is InChI=1S/C14H17N3O.C10H11N3O2.C3H7N/c18-13(7-9-1-2-9)11-3-4-12-14(16-11)15-10-5-6-17(12)8-10;14-10(15)7-1-2-8-9(12-7)11-6-3-4-13(8)5-6;4-3-1-2-3/h3-4,9-10H,1-2,5-8H2,(H,15,16);1-2,6H,3-5H2,(H,11,12)(H,14,15);3H,1-2,4H2/t10-;6-;/m00./s1. The molecule has 0 radical (unpaired) electrons. The van der Waals surface area contributed by atoms with Crippen LogP contribution in [0.3, 0.4) is 0 Å². The van der Waals surface area contributed by atoms with Gasteiger partial charge in [0.2, 0.25) is 0 Å². The lowest BCUT2D eigenvalue weighted by molar-refractivity contribution is 0.0690. The number of pyridine rings is 2. The van der Waals surface area contributed by atoms with E-state index in [4.69, 9.17) is 10.8 Å². The lowest BCUT2D eigenvalue weighted by atomic mass is 10.1. The molecule has 2 aromatic rings. The zero-order valence-electron chi connectivity index (χ0n) is 21.0. The van der Waals surface area contributed by atoms with E-state index in [0.717, 1.165) is 49.8 Å². The van der Waals surface area contributed by atoms with Crippen LogP contribution in [0.2, 0.25) is 0 Å². The van der Waals surface area contributed by atoms with Crippen molar-refractivity contribution in [1.82, 2.24) is 9.97 Å². The molecule has 0 amide bonds. The van der Waals surface area contributed by atoms with Gasteiger partial charge in [-0.2, -0.15) is 0 Å². The van der Waals surface area contributed by atoms with Gasteiger partial charge in [0, 0.05) is 50.7 Å². The number of aromatic carboxylic acids is 1. The van der Waals surface area contributed by atoms with E-state index in [0.29, 0.717) is 42.0 Å². The van der Waals surface area contributed by atoms with Gasteiger partial charge >= 0.3 is 5.97 Å². The Morgan fingerprint density at radius 1 is 0.838 bits per heavy atom. The zero-order chi connectivity index (χ0) is 25.5. The second-order valence-corrected chi connectivity index (χ2v) is 11.0. The normalized spacial score (nSPS) is 23.8. The summed E-state index contributed by atoms with van der Waals surface area (Å²) in [7, 11) is 0. The van der Waals surface area contributed by atoms with Crippen LogP contribution in [-0.4, -0.2) is 71.1 Å². The highest BCUT2D eigenvalue weighted by atomic mass is 16.4. The molecule has 2 aromatic heterocycles. The Morgan fingerprint density at radius 2 is 1.35 bits per heavy atom. The maximum absolute atomic E-state index is 12.1. The topological polar surface area (TPSA) is 137 Å². The van der Waals surface area contributed by atoms with Gasteiger partial charge in [0.25, 0.3) is 0 Å². The molecule has 2 saturated carbocycles. The maximum Gasteiger partial charge on any atom is 0.354 e. The van der Waals surface area contributed by atoms with E-state index in [1.165, 1.54) is 32.1 Å². The Balaban J connectivity index is 0.000000120. The molecule has 6 aliphatic rings. The van der Waals surface area contributed by atoms with Crippen molar-refractivity contribution in [2.45, 2.75) is 63.1 Å². The first-order valence-corrected chi connectivity index (χ1v) is 13.5. The van der Waals surface area contributed by atoms with Gasteiger partial charge in [-0.05, 0) is 68.7 Å². The van der Waals surface area contributed by atoms with Gasteiger partial charge in [0.05, 0.1) is 11.4 Å². The maximum atomic E-state index is 12.1. The number of nitrogens with one attached hydrogen (secondary N) is 2. The van der Waals surface area contributed by atoms with Crippen molar-refractivity contribution >= 4 is 34.8 Å². The molecule has 8 rings (SSSR count). The molecule has 10 nitrogen and oxygen atoms in total. The fourth-order valence-corrected chi connectivity index (χ4v) is 5.27. The molecule has 0 unspecified atom stereocenters. The first-order chi connectivity index (χ1) is 17.9. The average molecular weight is 506 g/mol. The van der Waals surface area contributed by atoms with Crippen LogP contribution >= 0.6 is 0 Å². The second kappa shape index (κ2) is 9.81. The number of nitrogens with two attached hydrogens (primary N) is 1. The van der Waals surface area contributed by atoms with Gasteiger partial charge in [-0.25, -0.2) is 14.8 Å². The Bertz CT molecular complexity index is 1200. The number of hydrogen-bond acceptors (Lipinski definition) is 9. The zero-order valence-corrected chi connectivity index (χ0v) is 21.0. The SMILES string of the molecule is NC1CC1.O=C(CC1CC1)c1ccc2c(n1)N[C@H]1CCN2C1.O=C(O)c1ccc2c(n1)N[C@H]1CCN2C1. The number of hydrogen-bond donors (Lipinski definition) is 4. The molecule has 0 aromatic carbocycles. The molecular weight excluding hydrogens is 470 g/mol. The number of aromatic nitrogens is 2. The van der Waals surface area contributed by atoms with Crippen LogP contribution in [0.5, 0.6) is 0 Å². The Kier molecular flexibility index (Phi) is 6.36. The summed E-state index contributed by atoms with van der Waals surface area (Å²) in [6.07, 6.45) is 7.90. The summed E-state index contributed by atoms with van der Waals surface area (Å²) in [5.74, 6) is 1.47. The quantitative estimate of drug-likeness (QED) is 0.459. The Labute approximate surface area is 216 Å². The summed E-state index contributed by atoms with van der Waals surface area (Å²) < 4.78 is 0. The Hall–Kier alpha value is -3.40. The van der Waals surface area contributed by atoms with Gasteiger partial charge in [-0.1, -0.05) is 0 Å². The highest BCUT2D eigenvalue weighted by Crippen LogP contribution is 2.36. The van der Waals surface area contributed by atoms with Gasteiger partial charge in [0.1, 0.15) is 5.69 Å².